The van der Waals surface area contributed by atoms with Gasteiger partial charge in [-0.3, -0.25) is 4.79 Å². The molecule has 1 aliphatic rings. The highest BCUT2D eigenvalue weighted by atomic mass is 32.1. The fourth-order valence-corrected chi connectivity index (χ4v) is 4.92. The molecule has 0 aliphatic carbocycles. The molecule has 4 heterocycles. The molecule has 1 aromatic carbocycles. The number of alkyl halides is 3. The summed E-state index contributed by atoms with van der Waals surface area (Å²) in [6.45, 7) is 4.18. The molecular formula is C24H22F3N5OS. The number of anilines is 1. The fourth-order valence-electron chi connectivity index (χ4n) is 4.23. The molecule has 1 aliphatic heterocycles. The van der Waals surface area contributed by atoms with Crippen molar-refractivity contribution in [3.8, 4) is 0 Å². The second kappa shape index (κ2) is 8.75. The Labute approximate surface area is 198 Å². The van der Waals surface area contributed by atoms with Crippen LogP contribution in [0.1, 0.15) is 26.5 Å². The minimum absolute atomic E-state index is 0.116. The Bertz CT molecular complexity index is 1320. The zero-order valence-electron chi connectivity index (χ0n) is 18.4. The number of amides is 1. The molecule has 1 saturated heterocycles. The van der Waals surface area contributed by atoms with E-state index in [-0.39, 0.29) is 5.91 Å². The van der Waals surface area contributed by atoms with Gasteiger partial charge in [0.1, 0.15) is 0 Å². The van der Waals surface area contributed by atoms with E-state index < -0.39 is 11.7 Å². The maximum atomic E-state index is 13.4. The van der Waals surface area contributed by atoms with E-state index >= 15 is 0 Å². The monoisotopic (exact) mass is 485 g/mol. The van der Waals surface area contributed by atoms with Crippen LogP contribution in [-0.4, -0.2) is 51.8 Å². The number of hydrogen-bond donors (Lipinski definition) is 0. The first-order valence-electron chi connectivity index (χ1n) is 10.9. The normalized spacial score (nSPS) is 14.7. The van der Waals surface area contributed by atoms with E-state index in [9.17, 15) is 18.0 Å². The zero-order valence-corrected chi connectivity index (χ0v) is 19.2. The van der Waals surface area contributed by atoms with Gasteiger partial charge in [-0.25, -0.2) is 9.67 Å². The van der Waals surface area contributed by atoms with Crippen molar-refractivity contribution in [3.05, 3.63) is 75.7 Å². The number of thiophene rings is 1. The van der Waals surface area contributed by atoms with E-state index in [1.807, 2.05) is 29.3 Å². The van der Waals surface area contributed by atoms with Crippen molar-refractivity contribution >= 4 is 34.0 Å². The van der Waals surface area contributed by atoms with Crippen LogP contribution in [0.25, 0.3) is 11.0 Å². The molecule has 1 fully saturated rings. The molecule has 3 aromatic heterocycles. The van der Waals surface area contributed by atoms with Crippen molar-refractivity contribution < 1.29 is 18.0 Å². The summed E-state index contributed by atoms with van der Waals surface area (Å²) >= 11 is 1.64. The van der Waals surface area contributed by atoms with Gasteiger partial charge < -0.3 is 9.80 Å². The maximum absolute atomic E-state index is 13.4. The highest BCUT2D eigenvalue weighted by Gasteiger charge is 2.31. The average molecular weight is 486 g/mol. The molecule has 5 rings (SSSR count). The number of hydrogen-bond acceptors (Lipinski definition) is 5. The molecule has 4 aromatic rings. The average Bonchev–Trinajstić information content (AvgIpc) is 3.48. The predicted molar refractivity (Wildman–Crippen MR) is 125 cm³/mol. The SMILES string of the molecule is Cc1cc(C(=O)N2CCN(c3cccc(C(F)(F)F)c3)CC2)c2cnn(Cc3cccs3)c2n1. The van der Waals surface area contributed by atoms with Gasteiger partial charge in [0.15, 0.2) is 5.65 Å². The van der Waals surface area contributed by atoms with Gasteiger partial charge in [0.2, 0.25) is 0 Å². The van der Waals surface area contributed by atoms with Gasteiger partial charge >= 0.3 is 6.18 Å². The molecule has 10 heteroatoms. The second-order valence-corrected chi connectivity index (χ2v) is 9.29. The Morgan fingerprint density at radius 2 is 1.88 bits per heavy atom. The third-order valence-electron chi connectivity index (χ3n) is 5.96. The number of benzene rings is 1. The fraction of sp³-hybridized carbons (Fsp3) is 0.292. The molecule has 6 nitrogen and oxygen atoms in total. The van der Waals surface area contributed by atoms with Crippen LogP contribution in [0.5, 0.6) is 0 Å². The van der Waals surface area contributed by atoms with E-state index in [0.29, 0.717) is 55.0 Å². The second-order valence-electron chi connectivity index (χ2n) is 8.26. The Hall–Kier alpha value is -3.40. The van der Waals surface area contributed by atoms with Gasteiger partial charge in [0.05, 0.1) is 29.3 Å². The van der Waals surface area contributed by atoms with E-state index in [2.05, 4.69) is 10.1 Å². The number of carbonyl (C=O) groups is 1. The number of rotatable bonds is 4. The Morgan fingerprint density at radius 1 is 1.09 bits per heavy atom. The number of piperazine rings is 1. The van der Waals surface area contributed by atoms with E-state index in [4.69, 9.17) is 0 Å². The first-order valence-corrected chi connectivity index (χ1v) is 11.7. The van der Waals surface area contributed by atoms with Crippen LogP contribution in [0.4, 0.5) is 18.9 Å². The summed E-state index contributed by atoms with van der Waals surface area (Å²) in [5.74, 6) is -0.116. The van der Waals surface area contributed by atoms with Gasteiger partial charge in [-0.15, -0.1) is 11.3 Å². The summed E-state index contributed by atoms with van der Waals surface area (Å²) in [5, 5.41) is 7.18. The molecule has 0 bridgehead atoms. The van der Waals surface area contributed by atoms with E-state index in [0.717, 1.165) is 22.7 Å². The third-order valence-corrected chi connectivity index (χ3v) is 6.82. The maximum Gasteiger partial charge on any atom is 0.416 e. The summed E-state index contributed by atoms with van der Waals surface area (Å²) in [6, 6.07) is 11.1. The molecule has 176 valence electrons. The molecule has 1 amide bonds. The van der Waals surface area contributed by atoms with Crippen molar-refractivity contribution in [2.24, 2.45) is 0 Å². The molecule has 0 radical (unpaired) electrons. The number of aromatic nitrogens is 3. The largest absolute Gasteiger partial charge is 0.416 e. The first-order chi connectivity index (χ1) is 16.3. The summed E-state index contributed by atoms with van der Waals surface area (Å²) in [5.41, 5.74) is 1.79. The Morgan fingerprint density at radius 3 is 2.59 bits per heavy atom. The van der Waals surface area contributed by atoms with Crippen molar-refractivity contribution in [2.45, 2.75) is 19.6 Å². The third kappa shape index (κ3) is 4.37. The molecule has 0 saturated carbocycles. The lowest BCUT2D eigenvalue weighted by Gasteiger charge is -2.36. The predicted octanol–water partition coefficient (Wildman–Crippen LogP) is 4.83. The van der Waals surface area contributed by atoms with Gasteiger partial charge in [0.25, 0.3) is 5.91 Å². The molecule has 0 unspecified atom stereocenters. The highest BCUT2D eigenvalue weighted by Crippen LogP contribution is 2.32. The van der Waals surface area contributed by atoms with Crippen LogP contribution >= 0.6 is 11.3 Å². The number of carbonyl (C=O) groups excluding carboxylic acids is 1. The lowest BCUT2D eigenvalue weighted by atomic mass is 10.1. The topological polar surface area (TPSA) is 54.3 Å². The molecular weight excluding hydrogens is 463 g/mol. The Balaban J connectivity index is 1.34. The molecule has 0 N–H and O–H groups in total. The van der Waals surface area contributed by atoms with Gasteiger partial charge in [-0.05, 0) is 42.6 Å². The summed E-state index contributed by atoms with van der Waals surface area (Å²) in [4.78, 5) is 22.8. The van der Waals surface area contributed by atoms with E-state index in [1.54, 1.807) is 39.2 Å². The molecule has 34 heavy (non-hydrogen) atoms. The van der Waals surface area contributed by atoms with Crippen LogP contribution in [0.15, 0.2) is 54.0 Å². The van der Waals surface area contributed by atoms with E-state index in [1.165, 1.54) is 6.07 Å². The van der Waals surface area contributed by atoms with Crippen molar-refractivity contribution in [2.75, 3.05) is 31.1 Å². The minimum Gasteiger partial charge on any atom is -0.368 e. The minimum atomic E-state index is -4.38. The van der Waals surface area contributed by atoms with Crippen molar-refractivity contribution in [1.82, 2.24) is 19.7 Å². The van der Waals surface area contributed by atoms with Crippen LogP contribution in [0, 0.1) is 6.92 Å². The van der Waals surface area contributed by atoms with Gasteiger partial charge in [-0.2, -0.15) is 18.3 Å². The standard InChI is InChI=1S/C24H22F3N5OS/c1-16-12-20(21-14-28-32(22(21)29-16)15-19-6-3-11-34-19)23(33)31-9-7-30(8-10-31)18-5-2-4-17(13-18)24(25,26)27/h2-6,11-14H,7-10,15H2,1H3. The Kier molecular flexibility index (Phi) is 5.76. The van der Waals surface area contributed by atoms with Crippen molar-refractivity contribution in [3.63, 3.8) is 0 Å². The van der Waals surface area contributed by atoms with Gasteiger partial charge in [-0.1, -0.05) is 12.1 Å². The number of aryl methyl sites for hydroxylation is 1. The van der Waals surface area contributed by atoms with Crippen LogP contribution in [-0.2, 0) is 12.7 Å². The summed E-state index contributed by atoms with van der Waals surface area (Å²) in [7, 11) is 0. The summed E-state index contributed by atoms with van der Waals surface area (Å²) in [6.07, 6.45) is -2.70. The van der Waals surface area contributed by atoms with Crippen LogP contribution in [0.3, 0.4) is 0 Å². The summed E-state index contributed by atoms with van der Waals surface area (Å²) < 4.78 is 41.0. The number of fused-ring (bicyclic) bond motifs is 1. The number of nitrogens with zero attached hydrogens (tertiary/aromatic N) is 5. The van der Waals surface area contributed by atoms with Crippen LogP contribution in [0.2, 0.25) is 0 Å². The number of pyridine rings is 1. The smallest absolute Gasteiger partial charge is 0.368 e. The number of halogens is 3. The lowest BCUT2D eigenvalue weighted by molar-refractivity contribution is -0.137. The zero-order chi connectivity index (χ0) is 23.9. The highest BCUT2D eigenvalue weighted by molar-refractivity contribution is 7.09. The lowest BCUT2D eigenvalue weighted by Crippen LogP contribution is -2.48. The first kappa shape index (κ1) is 22.4. The van der Waals surface area contributed by atoms with Gasteiger partial charge in [0, 0.05) is 42.4 Å². The van der Waals surface area contributed by atoms with Crippen molar-refractivity contribution in [1.29, 1.82) is 0 Å². The molecule has 0 atom stereocenters. The van der Waals surface area contributed by atoms with Crippen LogP contribution < -0.4 is 4.90 Å². The molecule has 0 spiro atoms. The quantitative estimate of drug-likeness (QED) is 0.416.